The van der Waals surface area contributed by atoms with Gasteiger partial charge in [-0.3, -0.25) is 14.4 Å². The van der Waals surface area contributed by atoms with Crippen LogP contribution in [0.3, 0.4) is 0 Å². The zero-order chi connectivity index (χ0) is 24.3. The molecule has 0 radical (unpaired) electrons. The lowest BCUT2D eigenvalue weighted by molar-refractivity contribution is -0.147. The maximum atomic E-state index is 12.5. The maximum absolute atomic E-state index is 12.5. The van der Waals surface area contributed by atoms with Crippen LogP contribution in [0, 0.1) is 6.92 Å². The van der Waals surface area contributed by atoms with Crippen molar-refractivity contribution < 1.29 is 32.3 Å². The summed E-state index contributed by atoms with van der Waals surface area (Å²) in [6.07, 6.45) is 0. The van der Waals surface area contributed by atoms with Crippen molar-refractivity contribution in [2.24, 2.45) is 0 Å². The number of fused-ring (bicyclic) bond motifs is 1. The molecule has 0 atom stereocenters. The van der Waals surface area contributed by atoms with Crippen LogP contribution in [0.4, 0.5) is 5.69 Å². The Labute approximate surface area is 196 Å². The average Bonchev–Trinajstić information content (AvgIpc) is 3.00. The van der Waals surface area contributed by atoms with E-state index in [0.717, 1.165) is 5.56 Å². The second kappa shape index (κ2) is 9.36. The van der Waals surface area contributed by atoms with Gasteiger partial charge in [0.2, 0.25) is 0 Å². The van der Waals surface area contributed by atoms with Crippen LogP contribution in [0.1, 0.15) is 15.9 Å². The van der Waals surface area contributed by atoms with Crippen molar-refractivity contribution in [1.29, 1.82) is 0 Å². The Hall–Kier alpha value is -4.18. The fourth-order valence-corrected chi connectivity index (χ4v) is 4.83. The highest BCUT2D eigenvalue weighted by molar-refractivity contribution is 7.90. The van der Waals surface area contributed by atoms with E-state index >= 15 is 0 Å². The van der Waals surface area contributed by atoms with E-state index in [0.29, 0.717) is 21.5 Å². The quantitative estimate of drug-likeness (QED) is 0.516. The summed E-state index contributed by atoms with van der Waals surface area (Å²) in [6, 6.07) is 19.8. The summed E-state index contributed by atoms with van der Waals surface area (Å²) >= 11 is 0. The largest absolute Gasteiger partial charge is 0.457 e. The number of nitrogens with zero attached hydrogens (tertiary/aromatic N) is 1. The van der Waals surface area contributed by atoms with E-state index in [1.807, 2.05) is 31.2 Å². The summed E-state index contributed by atoms with van der Waals surface area (Å²) in [5.41, 5.74) is 1.50. The molecule has 4 rings (SSSR count). The smallest absolute Gasteiger partial charge is 0.327 e. The Kier molecular flexibility index (Phi) is 6.33. The molecule has 2 amide bonds. The number of ether oxygens (including phenoxy) is 2. The normalized spacial score (nSPS) is 13.8. The van der Waals surface area contributed by atoms with Crippen molar-refractivity contribution in [3.8, 4) is 11.5 Å². The van der Waals surface area contributed by atoms with Crippen LogP contribution in [0.5, 0.6) is 11.5 Å². The molecule has 1 aliphatic rings. The number of rotatable bonds is 7. The summed E-state index contributed by atoms with van der Waals surface area (Å²) in [6.45, 7) is 0.489. The number of sulfonamides is 1. The second-order valence-electron chi connectivity index (χ2n) is 7.46. The third kappa shape index (κ3) is 4.91. The minimum Gasteiger partial charge on any atom is -0.457 e. The number of amides is 2. The van der Waals surface area contributed by atoms with Crippen LogP contribution in [0.2, 0.25) is 0 Å². The third-order valence-electron chi connectivity index (χ3n) is 4.91. The molecular weight excluding hydrogens is 460 g/mol. The highest BCUT2D eigenvalue weighted by Crippen LogP contribution is 2.29. The first-order chi connectivity index (χ1) is 16.2. The van der Waals surface area contributed by atoms with Crippen molar-refractivity contribution in [2.45, 2.75) is 11.8 Å². The minimum absolute atomic E-state index is 0.0112. The molecule has 1 N–H and O–H groups in total. The van der Waals surface area contributed by atoms with Gasteiger partial charge in [-0.2, -0.15) is 0 Å². The number of hydrogen-bond donors (Lipinski definition) is 1. The van der Waals surface area contributed by atoms with Crippen molar-refractivity contribution in [3.05, 3.63) is 83.9 Å². The molecule has 0 bridgehead atoms. The topological polar surface area (TPSA) is 119 Å². The molecule has 3 aromatic carbocycles. The molecule has 1 aliphatic heterocycles. The van der Waals surface area contributed by atoms with E-state index in [-0.39, 0.29) is 10.5 Å². The van der Waals surface area contributed by atoms with Gasteiger partial charge in [-0.25, -0.2) is 12.7 Å². The number of carbonyl (C=O) groups excluding carboxylic acids is 3. The fraction of sp³-hybridized carbons (Fsp3) is 0.125. The van der Waals surface area contributed by atoms with Gasteiger partial charge in [0.25, 0.3) is 21.8 Å². The monoisotopic (exact) mass is 480 g/mol. The minimum atomic E-state index is -4.14. The van der Waals surface area contributed by atoms with Gasteiger partial charge in [-0.05, 0) is 61.0 Å². The van der Waals surface area contributed by atoms with Crippen molar-refractivity contribution >= 4 is 33.5 Å². The molecule has 174 valence electrons. The van der Waals surface area contributed by atoms with Crippen molar-refractivity contribution in [1.82, 2.24) is 4.31 Å². The lowest BCUT2D eigenvalue weighted by atomic mass is 10.2. The first-order valence-electron chi connectivity index (χ1n) is 10.2. The highest BCUT2D eigenvalue weighted by atomic mass is 32.2. The van der Waals surface area contributed by atoms with E-state index in [1.165, 1.54) is 24.3 Å². The van der Waals surface area contributed by atoms with Gasteiger partial charge in [0.05, 0.1) is 5.56 Å². The fourth-order valence-electron chi connectivity index (χ4n) is 3.31. The Morgan fingerprint density at radius 2 is 1.68 bits per heavy atom. The van der Waals surface area contributed by atoms with Crippen molar-refractivity contribution in [2.75, 3.05) is 18.5 Å². The molecule has 3 aromatic rings. The zero-order valence-electron chi connectivity index (χ0n) is 18.1. The van der Waals surface area contributed by atoms with Gasteiger partial charge in [0.1, 0.15) is 22.9 Å². The van der Waals surface area contributed by atoms with E-state index in [2.05, 4.69) is 5.32 Å². The lowest BCUT2D eigenvalue weighted by Crippen LogP contribution is -2.36. The molecule has 0 unspecified atom stereocenters. The van der Waals surface area contributed by atoms with E-state index in [4.69, 9.17) is 9.47 Å². The Balaban J connectivity index is 1.28. The number of aryl methyl sites for hydroxylation is 1. The predicted molar refractivity (Wildman–Crippen MR) is 122 cm³/mol. The highest BCUT2D eigenvalue weighted by Gasteiger charge is 2.42. The summed E-state index contributed by atoms with van der Waals surface area (Å²) in [7, 11) is -4.14. The van der Waals surface area contributed by atoms with Gasteiger partial charge in [0, 0.05) is 5.69 Å². The Bertz CT molecular complexity index is 1370. The molecule has 0 saturated heterocycles. The van der Waals surface area contributed by atoms with Gasteiger partial charge in [-0.15, -0.1) is 0 Å². The van der Waals surface area contributed by atoms with Gasteiger partial charge in [-0.1, -0.05) is 24.3 Å². The zero-order valence-corrected chi connectivity index (χ0v) is 18.9. The summed E-state index contributed by atoms with van der Waals surface area (Å²) in [4.78, 5) is 36.4. The second-order valence-corrected chi connectivity index (χ2v) is 9.30. The number of hydrogen-bond acceptors (Lipinski definition) is 7. The first kappa shape index (κ1) is 23.0. The van der Waals surface area contributed by atoms with Crippen molar-refractivity contribution in [3.63, 3.8) is 0 Å². The average molecular weight is 480 g/mol. The number of anilines is 1. The molecule has 1 heterocycles. The lowest BCUT2D eigenvalue weighted by Gasteiger charge is -2.14. The maximum Gasteiger partial charge on any atom is 0.327 e. The Morgan fingerprint density at radius 1 is 0.941 bits per heavy atom. The molecule has 0 aliphatic carbocycles. The summed E-state index contributed by atoms with van der Waals surface area (Å²) in [5, 5.41) is 2.56. The summed E-state index contributed by atoms with van der Waals surface area (Å²) < 4.78 is 36.0. The Morgan fingerprint density at radius 3 is 2.38 bits per heavy atom. The standard InChI is InChI=1S/C24H20N2O7S/c1-16-5-4-6-19(13-16)33-18-11-9-17(10-12-18)25-22(27)15-32-23(28)14-26-24(29)20-7-2-3-8-21(20)34(26,30)31/h2-13H,14-15H2,1H3,(H,25,27). The number of benzene rings is 3. The molecule has 0 spiro atoms. The SMILES string of the molecule is Cc1cccc(Oc2ccc(NC(=O)COC(=O)CN3C(=O)c4ccccc4S3(=O)=O)cc2)c1. The van der Waals surface area contributed by atoms with Crippen LogP contribution in [0.25, 0.3) is 0 Å². The van der Waals surface area contributed by atoms with Crippen LogP contribution < -0.4 is 10.1 Å². The molecule has 9 nitrogen and oxygen atoms in total. The summed E-state index contributed by atoms with van der Waals surface area (Å²) in [5.74, 6) is -1.20. The molecular formula is C24H20N2O7S. The van der Waals surface area contributed by atoms with E-state index < -0.39 is 41.0 Å². The number of nitrogens with one attached hydrogen (secondary N) is 1. The van der Waals surface area contributed by atoms with Crippen LogP contribution in [-0.4, -0.2) is 43.7 Å². The van der Waals surface area contributed by atoms with Gasteiger partial charge in [0.15, 0.2) is 6.61 Å². The van der Waals surface area contributed by atoms with Crippen LogP contribution in [-0.2, 0) is 24.3 Å². The predicted octanol–water partition coefficient (Wildman–Crippen LogP) is 3.11. The van der Waals surface area contributed by atoms with E-state index in [1.54, 1.807) is 24.3 Å². The molecule has 0 aromatic heterocycles. The molecule has 10 heteroatoms. The number of carbonyl (C=O) groups is 3. The third-order valence-corrected chi connectivity index (χ3v) is 6.70. The van der Waals surface area contributed by atoms with Gasteiger partial charge >= 0.3 is 5.97 Å². The van der Waals surface area contributed by atoms with Crippen LogP contribution >= 0.6 is 0 Å². The van der Waals surface area contributed by atoms with Crippen LogP contribution in [0.15, 0.2) is 77.7 Å². The number of esters is 1. The van der Waals surface area contributed by atoms with E-state index in [9.17, 15) is 22.8 Å². The molecule has 0 saturated carbocycles. The van der Waals surface area contributed by atoms with Gasteiger partial charge < -0.3 is 14.8 Å². The molecule has 34 heavy (non-hydrogen) atoms. The first-order valence-corrected chi connectivity index (χ1v) is 11.6. The molecule has 0 fully saturated rings.